The Labute approximate surface area is 170 Å². The Morgan fingerprint density at radius 1 is 0.966 bits per heavy atom. The molecule has 0 spiro atoms. The number of rotatable bonds is 6. The molecule has 4 aromatic rings. The van der Waals surface area contributed by atoms with Crippen LogP contribution in [0.3, 0.4) is 0 Å². The van der Waals surface area contributed by atoms with E-state index in [1.807, 2.05) is 74.1 Å². The lowest BCUT2D eigenvalue weighted by molar-refractivity contribution is 0.337. The Morgan fingerprint density at radius 3 is 2.45 bits per heavy atom. The molecule has 0 saturated heterocycles. The van der Waals surface area contributed by atoms with E-state index in [9.17, 15) is 4.79 Å². The Kier molecular flexibility index (Phi) is 5.12. The Morgan fingerprint density at radius 2 is 1.69 bits per heavy atom. The maximum absolute atomic E-state index is 13.2. The minimum atomic E-state index is -0.0607. The van der Waals surface area contributed by atoms with Gasteiger partial charge in [0.2, 0.25) is 0 Å². The smallest absolute Gasteiger partial charge is 0.295 e. The van der Waals surface area contributed by atoms with E-state index in [0.717, 1.165) is 33.5 Å². The van der Waals surface area contributed by atoms with Crippen LogP contribution in [0.5, 0.6) is 5.75 Å². The topological polar surface area (TPSA) is 48.2 Å². The van der Waals surface area contributed by atoms with Gasteiger partial charge in [-0.25, -0.2) is 4.68 Å². The predicted octanol–water partition coefficient (Wildman–Crippen LogP) is 4.65. The van der Waals surface area contributed by atoms with Crippen molar-refractivity contribution in [3.8, 4) is 11.4 Å². The van der Waals surface area contributed by atoms with E-state index >= 15 is 0 Å². The summed E-state index contributed by atoms with van der Waals surface area (Å²) in [6.45, 7) is 5.03. The van der Waals surface area contributed by atoms with Crippen LogP contribution in [0.1, 0.15) is 18.2 Å². The molecule has 5 nitrogen and oxygen atoms in total. The van der Waals surface area contributed by atoms with Crippen LogP contribution < -0.4 is 15.6 Å². The lowest BCUT2D eigenvalue weighted by atomic mass is 10.0. The zero-order chi connectivity index (χ0) is 20.4. The average molecular weight is 387 g/mol. The molecule has 148 valence electrons. The van der Waals surface area contributed by atoms with Crippen molar-refractivity contribution >= 4 is 16.5 Å². The second-order valence-corrected chi connectivity index (χ2v) is 6.99. The maximum atomic E-state index is 13.2. The second-order valence-electron chi connectivity index (χ2n) is 6.99. The minimum absolute atomic E-state index is 0.0607. The lowest BCUT2D eigenvalue weighted by Crippen LogP contribution is -2.21. The summed E-state index contributed by atoms with van der Waals surface area (Å²) >= 11 is 0. The van der Waals surface area contributed by atoms with Gasteiger partial charge < -0.3 is 10.1 Å². The van der Waals surface area contributed by atoms with E-state index in [-0.39, 0.29) is 5.56 Å². The molecule has 29 heavy (non-hydrogen) atoms. The highest BCUT2D eigenvalue weighted by Crippen LogP contribution is 2.29. The van der Waals surface area contributed by atoms with Crippen LogP contribution in [-0.4, -0.2) is 16.0 Å². The van der Waals surface area contributed by atoms with E-state index < -0.39 is 0 Å². The van der Waals surface area contributed by atoms with Gasteiger partial charge in [0.05, 0.1) is 18.0 Å². The molecule has 0 aliphatic heterocycles. The average Bonchev–Trinajstić information content (AvgIpc) is 2.96. The van der Waals surface area contributed by atoms with Crippen LogP contribution >= 0.6 is 0 Å². The molecule has 0 fully saturated rings. The van der Waals surface area contributed by atoms with Crippen LogP contribution in [0.2, 0.25) is 0 Å². The minimum Gasteiger partial charge on any atom is -0.494 e. The number of benzene rings is 3. The first-order valence-electron chi connectivity index (χ1n) is 9.83. The molecule has 0 aliphatic carbocycles. The van der Waals surface area contributed by atoms with Gasteiger partial charge in [0, 0.05) is 19.2 Å². The summed E-state index contributed by atoms with van der Waals surface area (Å²) in [5.41, 5.74) is 3.33. The SMILES string of the molecule is CCOc1ccc2ccccc2c1CNc1c(C)n(C)n(-c2ccccc2)c1=O. The summed E-state index contributed by atoms with van der Waals surface area (Å²) in [7, 11) is 1.90. The van der Waals surface area contributed by atoms with Crippen molar-refractivity contribution in [1.29, 1.82) is 0 Å². The third kappa shape index (κ3) is 3.40. The van der Waals surface area contributed by atoms with Gasteiger partial charge in [0.1, 0.15) is 11.4 Å². The number of anilines is 1. The first-order chi connectivity index (χ1) is 14.1. The largest absolute Gasteiger partial charge is 0.494 e. The van der Waals surface area contributed by atoms with Gasteiger partial charge in [-0.3, -0.25) is 9.48 Å². The number of ether oxygens (including phenoxy) is 1. The van der Waals surface area contributed by atoms with Crippen molar-refractivity contribution in [3.63, 3.8) is 0 Å². The zero-order valence-electron chi connectivity index (χ0n) is 17.0. The fourth-order valence-electron chi connectivity index (χ4n) is 3.74. The molecule has 0 aliphatic rings. The van der Waals surface area contributed by atoms with E-state index in [4.69, 9.17) is 4.74 Å². The molecule has 0 bridgehead atoms. The normalized spacial score (nSPS) is 11.0. The fourth-order valence-corrected chi connectivity index (χ4v) is 3.74. The highest BCUT2D eigenvalue weighted by Gasteiger charge is 2.17. The van der Waals surface area contributed by atoms with E-state index in [0.29, 0.717) is 18.8 Å². The van der Waals surface area contributed by atoms with Crippen LogP contribution in [0.4, 0.5) is 5.69 Å². The monoisotopic (exact) mass is 387 g/mol. The zero-order valence-corrected chi connectivity index (χ0v) is 17.0. The Bertz CT molecular complexity index is 1210. The summed E-state index contributed by atoms with van der Waals surface area (Å²) in [6, 6.07) is 22.0. The van der Waals surface area contributed by atoms with Crippen LogP contribution in [0.25, 0.3) is 16.5 Å². The van der Waals surface area contributed by atoms with Gasteiger partial charge in [0.25, 0.3) is 5.56 Å². The third-order valence-electron chi connectivity index (χ3n) is 5.29. The van der Waals surface area contributed by atoms with Crippen LogP contribution in [0.15, 0.2) is 71.5 Å². The number of fused-ring (bicyclic) bond motifs is 1. The third-order valence-corrected chi connectivity index (χ3v) is 5.29. The van der Waals surface area contributed by atoms with E-state index in [2.05, 4.69) is 23.5 Å². The molecule has 1 N–H and O–H groups in total. The summed E-state index contributed by atoms with van der Waals surface area (Å²) in [6.07, 6.45) is 0. The van der Waals surface area contributed by atoms with Crippen molar-refractivity contribution < 1.29 is 4.74 Å². The number of hydrogen-bond acceptors (Lipinski definition) is 3. The maximum Gasteiger partial charge on any atom is 0.295 e. The summed E-state index contributed by atoms with van der Waals surface area (Å²) in [5, 5.41) is 5.67. The molecular formula is C24H25N3O2. The summed E-state index contributed by atoms with van der Waals surface area (Å²) in [5.74, 6) is 0.843. The molecule has 0 unspecified atom stereocenters. The molecule has 5 heteroatoms. The number of para-hydroxylation sites is 1. The molecule has 1 heterocycles. The van der Waals surface area contributed by atoms with E-state index in [1.54, 1.807) is 4.68 Å². The second kappa shape index (κ2) is 7.87. The van der Waals surface area contributed by atoms with Gasteiger partial charge in [-0.05, 0) is 42.8 Å². The molecule has 1 aromatic heterocycles. The van der Waals surface area contributed by atoms with Gasteiger partial charge in [0.15, 0.2) is 0 Å². The standard InChI is InChI=1S/C24H25N3O2/c1-4-29-22-15-14-18-10-8-9-13-20(18)21(22)16-25-23-17(2)26(3)27(24(23)28)19-11-6-5-7-12-19/h5-15,25H,4,16H2,1-3H3. The number of nitrogens with zero attached hydrogens (tertiary/aromatic N) is 2. The van der Waals surface area contributed by atoms with Crippen LogP contribution in [-0.2, 0) is 13.6 Å². The highest BCUT2D eigenvalue weighted by molar-refractivity contribution is 5.88. The Hall–Kier alpha value is -3.47. The van der Waals surface area contributed by atoms with Crippen molar-refractivity contribution in [1.82, 2.24) is 9.36 Å². The number of nitrogens with one attached hydrogen (secondary N) is 1. The van der Waals surface area contributed by atoms with Gasteiger partial charge in [-0.15, -0.1) is 0 Å². The number of hydrogen-bond donors (Lipinski definition) is 1. The lowest BCUT2D eigenvalue weighted by Gasteiger charge is -2.14. The fraction of sp³-hybridized carbons (Fsp3) is 0.208. The van der Waals surface area contributed by atoms with Gasteiger partial charge >= 0.3 is 0 Å². The van der Waals surface area contributed by atoms with Gasteiger partial charge in [-0.1, -0.05) is 48.5 Å². The number of aromatic nitrogens is 2. The molecule has 0 amide bonds. The summed E-state index contributed by atoms with van der Waals surface area (Å²) in [4.78, 5) is 13.2. The van der Waals surface area contributed by atoms with Crippen molar-refractivity contribution in [3.05, 3.63) is 88.3 Å². The Balaban J connectivity index is 1.74. The molecule has 3 aromatic carbocycles. The molecular weight excluding hydrogens is 362 g/mol. The van der Waals surface area contributed by atoms with Crippen molar-refractivity contribution in [2.45, 2.75) is 20.4 Å². The molecule has 0 radical (unpaired) electrons. The van der Waals surface area contributed by atoms with Gasteiger partial charge in [-0.2, -0.15) is 0 Å². The summed E-state index contributed by atoms with van der Waals surface area (Å²) < 4.78 is 9.43. The highest BCUT2D eigenvalue weighted by atomic mass is 16.5. The molecule has 4 rings (SSSR count). The quantitative estimate of drug-likeness (QED) is 0.524. The first kappa shape index (κ1) is 18.9. The first-order valence-corrected chi connectivity index (χ1v) is 9.83. The van der Waals surface area contributed by atoms with Crippen molar-refractivity contribution in [2.24, 2.45) is 7.05 Å². The van der Waals surface area contributed by atoms with Crippen molar-refractivity contribution in [2.75, 3.05) is 11.9 Å². The molecule has 0 atom stereocenters. The van der Waals surface area contributed by atoms with Crippen LogP contribution in [0, 0.1) is 6.92 Å². The predicted molar refractivity (Wildman–Crippen MR) is 118 cm³/mol. The van der Waals surface area contributed by atoms with E-state index in [1.165, 1.54) is 0 Å². The molecule has 0 saturated carbocycles.